The molecule has 0 radical (unpaired) electrons. The van der Waals surface area contributed by atoms with Crippen molar-refractivity contribution in [2.24, 2.45) is 5.92 Å². The summed E-state index contributed by atoms with van der Waals surface area (Å²) in [6, 6.07) is 14.9. The third-order valence-corrected chi connectivity index (χ3v) is 6.47. The van der Waals surface area contributed by atoms with Crippen molar-refractivity contribution in [3.8, 4) is 11.1 Å². The highest BCUT2D eigenvalue weighted by Gasteiger charge is 2.39. The van der Waals surface area contributed by atoms with Gasteiger partial charge in [0.1, 0.15) is 0 Å². The molecule has 176 valence electrons. The van der Waals surface area contributed by atoms with Gasteiger partial charge in [-0.1, -0.05) is 42.5 Å². The van der Waals surface area contributed by atoms with Crippen LogP contribution >= 0.6 is 0 Å². The van der Waals surface area contributed by atoms with Crippen molar-refractivity contribution in [3.63, 3.8) is 0 Å². The molecule has 2 aromatic rings. The van der Waals surface area contributed by atoms with Crippen molar-refractivity contribution in [1.29, 1.82) is 0 Å². The molecule has 6 nitrogen and oxygen atoms in total. The molecule has 0 spiro atoms. The zero-order chi connectivity index (χ0) is 23.2. The first kappa shape index (κ1) is 23.5. The maximum absolute atomic E-state index is 12.9. The number of rotatable bonds is 10. The highest BCUT2D eigenvalue weighted by Crippen LogP contribution is 2.45. The number of hydrogen-bond acceptors (Lipinski definition) is 5. The molecule has 1 heterocycles. The van der Waals surface area contributed by atoms with E-state index in [4.69, 9.17) is 14.2 Å². The van der Waals surface area contributed by atoms with Crippen molar-refractivity contribution < 1.29 is 24.1 Å². The van der Waals surface area contributed by atoms with Gasteiger partial charge in [0.25, 0.3) is 5.91 Å². The SMILES string of the molecule is CCOC1OC(C(=O)NCCOC)=CC(c2cccc3c2Cc2ccccc2-3)C1CCCO. The number of methoxy groups -OCH3 is 1. The fourth-order valence-corrected chi connectivity index (χ4v) is 4.97. The van der Waals surface area contributed by atoms with E-state index < -0.39 is 6.29 Å². The monoisotopic (exact) mass is 451 g/mol. The third kappa shape index (κ3) is 4.98. The van der Waals surface area contributed by atoms with E-state index in [9.17, 15) is 9.90 Å². The van der Waals surface area contributed by atoms with Crippen molar-refractivity contribution in [2.75, 3.05) is 33.5 Å². The molecule has 4 rings (SSSR count). The Morgan fingerprint density at radius 1 is 1.18 bits per heavy atom. The highest BCUT2D eigenvalue weighted by molar-refractivity contribution is 5.91. The van der Waals surface area contributed by atoms with Gasteiger partial charge in [-0.05, 0) is 60.1 Å². The Labute approximate surface area is 195 Å². The first-order valence-electron chi connectivity index (χ1n) is 11.8. The second kappa shape index (κ2) is 11.0. The van der Waals surface area contributed by atoms with E-state index in [-0.39, 0.29) is 30.1 Å². The van der Waals surface area contributed by atoms with Crippen LogP contribution < -0.4 is 5.32 Å². The minimum absolute atomic E-state index is 0.0113. The molecule has 1 amide bonds. The number of aliphatic hydroxyl groups is 1. The molecule has 2 N–H and O–H groups in total. The normalized spacial score (nSPS) is 21.1. The number of nitrogens with one attached hydrogen (secondary N) is 1. The lowest BCUT2D eigenvalue weighted by atomic mass is 9.78. The third-order valence-electron chi connectivity index (χ3n) is 6.47. The first-order valence-corrected chi connectivity index (χ1v) is 11.8. The van der Waals surface area contributed by atoms with Crippen LogP contribution in [0.3, 0.4) is 0 Å². The van der Waals surface area contributed by atoms with Crippen LogP contribution in [0.25, 0.3) is 11.1 Å². The Morgan fingerprint density at radius 2 is 2.00 bits per heavy atom. The minimum atomic E-state index is -0.556. The van der Waals surface area contributed by atoms with Gasteiger partial charge in [0.2, 0.25) is 6.29 Å². The number of ether oxygens (including phenoxy) is 3. The molecule has 3 unspecified atom stereocenters. The van der Waals surface area contributed by atoms with Crippen LogP contribution in [0.4, 0.5) is 0 Å². The molecular weight excluding hydrogens is 418 g/mol. The molecule has 2 aromatic carbocycles. The molecule has 33 heavy (non-hydrogen) atoms. The summed E-state index contributed by atoms with van der Waals surface area (Å²) in [6.45, 7) is 3.35. The van der Waals surface area contributed by atoms with Gasteiger partial charge in [0, 0.05) is 38.7 Å². The number of amides is 1. The fraction of sp³-hybridized carbons (Fsp3) is 0.444. The van der Waals surface area contributed by atoms with Crippen molar-refractivity contribution in [1.82, 2.24) is 5.32 Å². The predicted molar refractivity (Wildman–Crippen MR) is 127 cm³/mol. The minimum Gasteiger partial charge on any atom is -0.459 e. The van der Waals surface area contributed by atoms with Gasteiger partial charge in [0.05, 0.1) is 6.61 Å². The summed E-state index contributed by atoms with van der Waals surface area (Å²) in [4.78, 5) is 12.9. The molecule has 3 atom stereocenters. The zero-order valence-electron chi connectivity index (χ0n) is 19.4. The summed E-state index contributed by atoms with van der Waals surface area (Å²) < 4.78 is 17.1. The van der Waals surface area contributed by atoms with E-state index in [0.29, 0.717) is 26.2 Å². The van der Waals surface area contributed by atoms with Crippen molar-refractivity contribution in [3.05, 3.63) is 71.0 Å². The Bertz CT molecular complexity index is 1000. The van der Waals surface area contributed by atoms with E-state index in [1.165, 1.54) is 27.8 Å². The Morgan fingerprint density at radius 3 is 2.79 bits per heavy atom. The van der Waals surface area contributed by atoms with Crippen LogP contribution in [0.5, 0.6) is 0 Å². The summed E-state index contributed by atoms with van der Waals surface area (Å²) in [5, 5.41) is 12.4. The van der Waals surface area contributed by atoms with E-state index in [0.717, 1.165) is 12.8 Å². The van der Waals surface area contributed by atoms with Crippen LogP contribution in [0.2, 0.25) is 0 Å². The van der Waals surface area contributed by atoms with Crippen LogP contribution in [-0.2, 0) is 25.4 Å². The van der Waals surface area contributed by atoms with E-state index >= 15 is 0 Å². The molecule has 1 aliphatic carbocycles. The van der Waals surface area contributed by atoms with Gasteiger partial charge in [-0.2, -0.15) is 0 Å². The number of benzene rings is 2. The van der Waals surface area contributed by atoms with Crippen LogP contribution in [0, 0.1) is 5.92 Å². The topological polar surface area (TPSA) is 77.0 Å². The Hall–Kier alpha value is -2.67. The average molecular weight is 452 g/mol. The molecule has 0 fully saturated rings. The largest absolute Gasteiger partial charge is 0.459 e. The van der Waals surface area contributed by atoms with E-state index in [1.807, 2.05) is 13.0 Å². The summed E-state index contributed by atoms with van der Waals surface area (Å²) >= 11 is 0. The summed E-state index contributed by atoms with van der Waals surface area (Å²) in [5.41, 5.74) is 6.34. The van der Waals surface area contributed by atoms with Gasteiger partial charge in [-0.15, -0.1) is 0 Å². The number of carbonyl (C=O) groups is 1. The summed E-state index contributed by atoms with van der Waals surface area (Å²) in [6.07, 6.45) is 3.63. The van der Waals surface area contributed by atoms with Gasteiger partial charge < -0.3 is 24.6 Å². The van der Waals surface area contributed by atoms with Gasteiger partial charge in [-0.25, -0.2) is 0 Å². The lowest BCUT2D eigenvalue weighted by Gasteiger charge is -2.37. The van der Waals surface area contributed by atoms with Gasteiger partial charge in [-0.3, -0.25) is 4.79 Å². The second-order valence-electron chi connectivity index (χ2n) is 8.48. The standard InChI is InChI=1S/C27H33NO5/c1-3-32-27-22(12-7-14-29)24(17-25(33-27)26(30)28-13-15-31-2)21-11-6-10-20-19-9-5-4-8-18(19)16-23(20)21/h4-6,8-11,17,22,24,27,29H,3,7,12-16H2,1-2H3,(H,28,30). The second-order valence-corrected chi connectivity index (χ2v) is 8.48. The number of carbonyl (C=O) groups excluding carboxylic acids is 1. The molecule has 0 saturated carbocycles. The molecule has 0 saturated heterocycles. The summed E-state index contributed by atoms with van der Waals surface area (Å²) in [5.74, 6) is -0.0572. The molecule has 0 bridgehead atoms. The lowest BCUT2D eigenvalue weighted by molar-refractivity contribution is -0.166. The first-order chi connectivity index (χ1) is 16.2. The van der Waals surface area contributed by atoms with E-state index in [2.05, 4.69) is 47.8 Å². The molecule has 1 aliphatic heterocycles. The zero-order valence-corrected chi connectivity index (χ0v) is 19.4. The van der Waals surface area contributed by atoms with Crippen LogP contribution in [0.15, 0.2) is 54.3 Å². The predicted octanol–water partition coefficient (Wildman–Crippen LogP) is 3.77. The smallest absolute Gasteiger partial charge is 0.286 e. The van der Waals surface area contributed by atoms with Crippen molar-refractivity contribution in [2.45, 2.75) is 38.4 Å². The quantitative estimate of drug-likeness (QED) is 0.459. The maximum atomic E-state index is 12.9. The number of hydrogen-bond donors (Lipinski definition) is 2. The highest BCUT2D eigenvalue weighted by atomic mass is 16.7. The maximum Gasteiger partial charge on any atom is 0.286 e. The molecule has 6 heteroatoms. The fourth-order valence-electron chi connectivity index (χ4n) is 4.97. The Balaban J connectivity index is 1.74. The average Bonchev–Trinajstić information content (AvgIpc) is 3.22. The van der Waals surface area contributed by atoms with Gasteiger partial charge >= 0.3 is 0 Å². The number of fused-ring (bicyclic) bond motifs is 3. The van der Waals surface area contributed by atoms with Crippen LogP contribution in [-0.4, -0.2) is 50.8 Å². The molecular formula is C27H33NO5. The Kier molecular flexibility index (Phi) is 7.81. The lowest BCUT2D eigenvalue weighted by Crippen LogP contribution is -2.39. The van der Waals surface area contributed by atoms with Gasteiger partial charge in [0.15, 0.2) is 5.76 Å². The van der Waals surface area contributed by atoms with Crippen LogP contribution in [0.1, 0.15) is 42.4 Å². The number of allylic oxidation sites excluding steroid dienone is 1. The number of aliphatic hydroxyl groups excluding tert-OH is 1. The molecule has 0 aromatic heterocycles. The van der Waals surface area contributed by atoms with Crippen molar-refractivity contribution >= 4 is 5.91 Å². The summed E-state index contributed by atoms with van der Waals surface area (Å²) in [7, 11) is 1.60. The van der Waals surface area contributed by atoms with E-state index in [1.54, 1.807) is 7.11 Å². The molecule has 2 aliphatic rings.